The molecule has 0 radical (unpaired) electrons. The number of halogens is 1. The number of nitriles is 1. The summed E-state index contributed by atoms with van der Waals surface area (Å²) >= 11 is 0. The maximum atomic E-state index is 13.0. The molecule has 7 heteroatoms. The average molecular weight is 301 g/mol. The van der Waals surface area contributed by atoms with Crippen LogP contribution in [0.15, 0.2) is 24.3 Å². The van der Waals surface area contributed by atoms with Gasteiger partial charge in [0.2, 0.25) is 5.91 Å². The fourth-order valence-electron chi connectivity index (χ4n) is 2.07. The van der Waals surface area contributed by atoms with Gasteiger partial charge in [0.05, 0.1) is 11.4 Å². The molecule has 2 aromatic rings. The highest BCUT2D eigenvalue weighted by atomic mass is 19.1. The van der Waals surface area contributed by atoms with Crippen molar-refractivity contribution >= 4 is 11.7 Å². The first kappa shape index (κ1) is 15.5. The van der Waals surface area contributed by atoms with Gasteiger partial charge in [-0.15, -0.1) is 0 Å². The summed E-state index contributed by atoms with van der Waals surface area (Å²) < 4.78 is 14.4. The molecule has 2 rings (SSSR count). The predicted octanol–water partition coefficient (Wildman–Crippen LogP) is 1.53. The number of hydrogen-bond acceptors (Lipinski definition) is 4. The number of hydrogen-bond donors (Lipinski definition) is 2. The number of rotatable bonds is 5. The lowest BCUT2D eigenvalue weighted by Gasteiger charge is -2.03. The number of aromatic nitrogens is 2. The second kappa shape index (κ2) is 6.72. The predicted molar refractivity (Wildman–Crippen MR) is 79.7 cm³/mol. The molecule has 1 aromatic carbocycles. The van der Waals surface area contributed by atoms with Gasteiger partial charge >= 0.3 is 0 Å². The van der Waals surface area contributed by atoms with Gasteiger partial charge in [0.25, 0.3) is 0 Å². The number of carbonyl (C=O) groups excluding carboxylic acids is 1. The fraction of sp³-hybridized carbons (Fsp3) is 0.267. The van der Waals surface area contributed by atoms with E-state index >= 15 is 0 Å². The Labute approximate surface area is 127 Å². The Hall–Kier alpha value is -2.88. The normalized spacial score (nSPS) is 10.2. The molecule has 0 fully saturated rings. The minimum atomic E-state index is -0.356. The van der Waals surface area contributed by atoms with Gasteiger partial charge in [-0.2, -0.15) is 10.4 Å². The number of nitrogens with zero attached hydrogens (tertiary/aromatic N) is 3. The van der Waals surface area contributed by atoms with E-state index in [1.807, 2.05) is 6.07 Å². The molecule has 6 nitrogen and oxygen atoms in total. The third-order valence-corrected chi connectivity index (χ3v) is 3.14. The average Bonchev–Trinajstić information content (AvgIpc) is 2.80. The largest absolute Gasteiger partial charge is 0.382 e. The Morgan fingerprint density at radius 2 is 2.14 bits per heavy atom. The van der Waals surface area contributed by atoms with Crippen LogP contribution < -0.4 is 11.1 Å². The maximum absolute atomic E-state index is 13.0. The first-order chi connectivity index (χ1) is 10.5. The molecule has 114 valence electrons. The monoisotopic (exact) mass is 301 g/mol. The van der Waals surface area contributed by atoms with Crippen molar-refractivity contribution in [1.82, 2.24) is 15.1 Å². The van der Waals surface area contributed by atoms with Gasteiger partial charge in [-0.05, 0) is 37.1 Å². The summed E-state index contributed by atoms with van der Waals surface area (Å²) in [6.07, 6.45) is 1.16. The van der Waals surface area contributed by atoms with Crippen molar-refractivity contribution in [2.45, 2.75) is 19.8 Å². The molecule has 1 heterocycles. The highest BCUT2D eigenvalue weighted by molar-refractivity contribution is 5.72. The van der Waals surface area contributed by atoms with E-state index in [1.165, 1.54) is 23.7 Å². The number of nitrogens with two attached hydrogens (primary N) is 1. The van der Waals surface area contributed by atoms with Crippen molar-refractivity contribution in [3.8, 4) is 11.8 Å². The van der Waals surface area contributed by atoms with Crippen molar-refractivity contribution in [3.05, 3.63) is 41.3 Å². The molecule has 22 heavy (non-hydrogen) atoms. The number of anilines is 1. The van der Waals surface area contributed by atoms with Crippen LogP contribution in [-0.4, -0.2) is 22.2 Å². The van der Waals surface area contributed by atoms with E-state index in [4.69, 9.17) is 5.73 Å². The molecule has 0 saturated carbocycles. The first-order valence-corrected chi connectivity index (χ1v) is 6.80. The Kier molecular flexibility index (Phi) is 4.73. The van der Waals surface area contributed by atoms with Crippen LogP contribution in [0.1, 0.15) is 24.6 Å². The van der Waals surface area contributed by atoms with Crippen LogP contribution in [0.2, 0.25) is 0 Å². The number of nitrogens with one attached hydrogen (secondary N) is 1. The van der Waals surface area contributed by atoms with Crippen LogP contribution in [0.5, 0.6) is 0 Å². The molecule has 0 atom stereocenters. The van der Waals surface area contributed by atoms with Crippen LogP contribution in [0, 0.1) is 17.1 Å². The molecule has 1 aromatic heterocycles. The molecule has 0 aliphatic rings. The van der Waals surface area contributed by atoms with Gasteiger partial charge < -0.3 is 11.1 Å². The Morgan fingerprint density at radius 3 is 2.73 bits per heavy atom. The summed E-state index contributed by atoms with van der Waals surface area (Å²) in [5.74, 6) is -0.231. The zero-order valence-electron chi connectivity index (χ0n) is 12.1. The van der Waals surface area contributed by atoms with Crippen molar-refractivity contribution in [3.63, 3.8) is 0 Å². The SMILES string of the molecule is CC(=O)NCCCc1nn(-c2ccc(F)cc2)c(N)c1C#N. The Morgan fingerprint density at radius 1 is 1.45 bits per heavy atom. The highest BCUT2D eigenvalue weighted by Crippen LogP contribution is 2.21. The standard InChI is InChI=1S/C15H16FN5O/c1-10(22)19-8-2-3-14-13(9-17)15(18)21(20-14)12-6-4-11(16)5-7-12/h4-7H,2-3,8,18H2,1H3,(H,19,22). The van der Waals surface area contributed by atoms with E-state index in [9.17, 15) is 14.4 Å². The van der Waals surface area contributed by atoms with Crippen molar-refractivity contribution in [2.75, 3.05) is 12.3 Å². The van der Waals surface area contributed by atoms with E-state index in [2.05, 4.69) is 10.4 Å². The zero-order chi connectivity index (χ0) is 16.1. The number of aryl methyl sites for hydroxylation is 1. The van der Waals surface area contributed by atoms with Gasteiger partial charge in [-0.25, -0.2) is 9.07 Å². The lowest BCUT2D eigenvalue weighted by atomic mass is 10.1. The number of amides is 1. The van der Waals surface area contributed by atoms with E-state index in [0.717, 1.165) is 0 Å². The highest BCUT2D eigenvalue weighted by Gasteiger charge is 2.16. The van der Waals surface area contributed by atoms with Gasteiger partial charge in [-0.3, -0.25) is 4.79 Å². The zero-order valence-corrected chi connectivity index (χ0v) is 12.1. The van der Waals surface area contributed by atoms with E-state index < -0.39 is 0 Å². The van der Waals surface area contributed by atoms with E-state index in [-0.39, 0.29) is 17.5 Å². The van der Waals surface area contributed by atoms with Gasteiger partial charge in [0, 0.05) is 13.5 Å². The second-order valence-corrected chi connectivity index (χ2v) is 4.79. The number of carbonyl (C=O) groups is 1. The maximum Gasteiger partial charge on any atom is 0.216 e. The first-order valence-electron chi connectivity index (χ1n) is 6.80. The van der Waals surface area contributed by atoms with Crippen LogP contribution in [0.4, 0.5) is 10.2 Å². The van der Waals surface area contributed by atoms with Crippen molar-refractivity contribution < 1.29 is 9.18 Å². The fourth-order valence-corrected chi connectivity index (χ4v) is 2.07. The molecule has 0 unspecified atom stereocenters. The minimum absolute atomic E-state index is 0.100. The molecular weight excluding hydrogens is 285 g/mol. The van der Waals surface area contributed by atoms with Crippen molar-refractivity contribution in [2.24, 2.45) is 0 Å². The van der Waals surface area contributed by atoms with Gasteiger partial charge in [0.1, 0.15) is 23.3 Å². The van der Waals surface area contributed by atoms with Crippen LogP contribution in [0.25, 0.3) is 5.69 Å². The Bertz CT molecular complexity index is 715. The van der Waals surface area contributed by atoms with Gasteiger partial charge in [-0.1, -0.05) is 0 Å². The summed E-state index contributed by atoms with van der Waals surface area (Å²) in [5, 5.41) is 16.2. The summed E-state index contributed by atoms with van der Waals surface area (Å²) in [5.41, 5.74) is 7.41. The number of nitrogen functional groups attached to an aromatic ring is 1. The molecule has 0 aliphatic carbocycles. The summed E-state index contributed by atoms with van der Waals surface area (Å²) in [4.78, 5) is 10.8. The second-order valence-electron chi connectivity index (χ2n) is 4.79. The Balaban J connectivity index is 2.21. The lowest BCUT2D eigenvalue weighted by molar-refractivity contribution is -0.118. The summed E-state index contributed by atoms with van der Waals surface area (Å²) in [6.45, 7) is 1.95. The van der Waals surface area contributed by atoms with Crippen LogP contribution >= 0.6 is 0 Å². The van der Waals surface area contributed by atoms with Crippen LogP contribution in [0.3, 0.4) is 0 Å². The topological polar surface area (TPSA) is 96.7 Å². The quantitative estimate of drug-likeness (QED) is 0.818. The van der Waals surface area contributed by atoms with Crippen molar-refractivity contribution in [1.29, 1.82) is 5.26 Å². The molecule has 3 N–H and O–H groups in total. The molecular formula is C15H16FN5O. The third-order valence-electron chi connectivity index (χ3n) is 3.14. The van der Waals surface area contributed by atoms with Gasteiger partial charge in [0.15, 0.2) is 0 Å². The number of benzene rings is 1. The summed E-state index contributed by atoms with van der Waals surface area (Å²) in [7, 11) is 0. The molecule has 0 saturated heterocycles. The summed E-state index contributed by atoms with van der Waals surface area (Å²) in [6, 6.07) is 7.74. The molecule has 0 bridgehead atoms. The third kappa shape index (κ3) is 3.41. The van der Waals surface area contributed by atoms with Crippen LogP contribution in [-0.2, 0) is 11.2 Å². The van der Waals surface area contributed by atoms with E-state index in [1.54, 1.807) is 12.1 Å². The molecule has 0 spiro atoms. The van der Waals surface area contributed by atoms with E-state index in [0.29, 0.717) is 36.3 Å². The lowest BCUT2D eigenvalue weighted by Crippen LogP contribution is -2.21. The smallest absolute Gasteiger partial charge is 0.216 e. The minimum Gasteiger partial charge on any atom is -0.382 e. The molecule has 0 aliphatic heterocycles. The molecule has 1 amide bonds.